The molecule has 0 atom stereocenters. The number of thioether (sulfide) groups is 1. The van der Waals surface area contributed by atoms with E-state index in [0.717, 1.165) is 24.2 Å². The van der Waals surface area contributed by atoms with E-state index in [9.17, 15) is 13.2 Å². The Morgan fingerprint density at radius 2 is 2.06 bits per heavy atom. The summed E-state index contributed by atoms with van der Waals surface area (Å²) in [6, 6.07) is 10.3. The molecule has 6 nitrogen and oxygen atoms in total. The predicted octanol–water partition coefficient (Wildman–Crippen LogP) is 5.35. The summed E-state index contributed by atoms with van der Waals surface area (Å²) in [5.74, 6) is 0.771. The summed E-state index contributed by atoms with van der Waals surface area (Å²) in [6.45, 7) is 4.40. The van der Waals surface area contributed by atoms with E-state index < -0.39 is 15.9 Å². The number of nitrogens with one attached hydrogen (secondary N) is 1. The van der Waals surface area contributed by atoms with Crippen molar-refractivity contribution in [3.05, 3.63) is 59.6 Å². The van der Waals surface area contributed by atoms with E-state index in [1.54, 1.807) is 18.2 Å². The number of anilines is 2. The van der Waals surface area contributed by atoms with Gasteiger partial charge in [-0.25, -0.2) is 0 Å². The van der Waals surface area contributed by atoms with Gasteiger partial charge in [-0.3, -0.25) is 4.79 Å². The van der Waals surface area contributed by atoms with Crippen molar-refractivity contribution in [3.8, 4) is 0 Å². The van der Waals surface area contributed by atoms with Crippen LogP contribution in [-0.2, 0) is 10.0 Å². The number of amidine groups is 1. The van der Waals surface area contributed by atoms with Crippen LogP contribution in [0.25, 0.3) is 0 Å². The molecule has 31 heavy (non-hydrogen) atoms. The van der Waals surface area contributed by atoms with Gasteiger partial charge in [0.1, 0.15) is 10.7 Å². The molecule has 0 saturated carbocycles. The number of carbonyl (C=O) groups excluding carboxylic acids is 1. The van der Waals surface area contributed by atoms with E-state index in [2.05, 4.69) is 16.3 Å². The number of sulfonamides is 1. The van der Waals surface area contributed by atoms with Crippen LogP contribution in [0.1, 0.15) is 36.0 Å². The number of rotatable bonds is 5. The number of carbonyl (C=O) groups is 1. The van der Waals surface area contributed by atoms with E-state index in [1.807, 2.05) is 23.1 Å². The summed E-state index contributed by atoms with van der Waals surface area (Å²) in [6.07, 6.45) is 5.25. The van der Waals surface area contributed by atoms with Gasteiger partial charge in [0.15, 0.2) is 0 Å². The van der Waals surface area contributed by atoms with Crippen molar-refractivity contribution < 1.29 is 13.2 Å². The van der Waals surface area contributed by atoms with Gasteiger partial charge in [0, 0.05) is 23.6 Å². The summed E-state index contributed by atoms with van der Waals surface area (Å²) >= 11 is 8.01. The smallest absolute Gasteiger partial charge is 0.286 e. The normalized spacial score (nSPS) is 17.1. The van der Waals surface area contributed by atoms with Gasteiger partial charge in [-0.15, -0.1) is 22.7 Å². The van der Waals surface area contributed by atoms with Gasteiger partial charge in [-0.05, 0) is 37.1 Å². The largest absolute Gasteiger partial charge is 0.328 e. The van der Waals surface area contributed by atoms with Gasteiger partial charge >= 0.3 is 0 Å². The molecule has 2 aromatic carbocycles. The molecule has 2 aliphatic rings. The minimum Gasteiger partial charge on any atom is -0.328 e. The van der Waals surface area contributed by atoms with Crippen molar-refractivity contribution >= 4 is 56.5 Å². The molecule has 162 valence electrons. The van der Waals surface area contributed by atoms with Gasteiger partial charge in [0.2, 0.25) is 0 Å². The average Bonchev–Trinajstić information content (AvgIpc) is 2.97. The van der Waals surface area contributed by atoms with Crippen LogP contribution in [0.15, 0.2) is 63.2 Å². The number of amides is 1. The summed E-state index contributed by atoms with van der Waals surface area (Å²) < 4.78 is 29.7. The Balaban J connectivity index is 1.70. The lowest BCUT2D eigenvalue weighted by molar-refractivity contribution is 0.102. The second-order valence-corrected chi connectivity index (χ2v) is 10.3. The highest BCUT2D eigenvalue weighted by atomic mass is 35.5. The lowest BCUT2D eigenvalue weighted by atomic mass is 10.1. The fourth-order valence-corrected chi connectivity index (χ4v) is 5.96. The maximum Gasteiger partial charge on any atom is 0.286 e. The molecule has 0 spiro atoms. The Kier molecular flexibility index (Phi) is 6.41. The third kappa shape index (κ3) is 4.51. The maximum absolute atomic E-state index is 13.0. The van der Waals surface area contributed by atoms with Crippen LogP contribution < -0.4 is 10.2 Å². The molecule has 2 aliphatic heterocycles. The highest BCUT2D eigenvalue weighted by Gasteiger charge is 2.33. The van der Waals surface area contributed by atoms with E-state index >= 15 is 0 Å². The Labute approximate surface area is 191 Å². The van der Waals surface area contributed by atoms with E-state index in [1.165, 1.54) is 17.8 Å². The van der Waals surface area contributed by atoms with Crippen LogP contribution >= 0.6 is 23.4 Å². The lowest BCUT2D eigenvalue weighted by Gasteiger charge is -2.30. The van der Waals surface area contributed by atoms with Crippen molar-refractivity contribution in [2.24, 2.45) is 4.40 Å². The van der Waals surface area contributed by atoms with Crippen molar-refractivity contribution in [2.45, 2.75) is 35.5 Å². The quantitative estimate of drug-likeness (QED) is 0.465. The molecule has 2 heterocycles. The Bertz CT molecular complexity index is 1180. The molecule has 0 unspecified atom stereocenters. The van der Waals surface area contributed by atoms with Gasteiger partial charge in [-0.2, -0.15) is 8.42 Å². The first-order valence-electron chi connectivity index (χ1n) is 10.00. The Morgan fingerprint density at radius 3 is 2.87 bits per heavy atom. The van der Waals surface area contributed by atoms with Gasteiger partial charge in [0.25, 0.3) is 15.9 Å². The van der Waals surface area contributed by atoms with Gasteiger partial charge in [0.05, 0.1) is 22.0 Å². The van der Waals surface area contributed by atoms with Crippen LogP contribution in [0, 0.1) is 0 Å². The fourth-order valence-electron chi connectivity index (χ4n) is 3.70. The minimum atomic E-state index is -3.90. The topological polar surface area (TPSA) is 78.8 Å². The SMILES string of the molecule is C=CCSc1ccccc1NC(=O)c1cc2c(cc1Cl)N1CCCCCC1=NS2(=O)=O. The molecule has 1 amide bonds. The molecule has 1 saturated heterocycles. The number of hydrogen-bond acceptors (Lipinski definition) is 5. The number of nitrogens with zero attached hydrogens (tertiary/aromatic N) is 2. The average molecular weight is 476 g/mol. The van der Waals surface area contributed by atoms with Crippen LogP contribution in [0.2, 0.25) is 5.02 Å². The number of fused-ring (bicyclic) bond motifs is 3. The molecule has 9 heteroatoms. The summed E-state index contributed by atoms with van der Waals surface area (Å²) in [5, 5.41) is 3.06. The van der Waals surface area contributed by atoms with Crippen LogP contribution in [0.4, 0.5) is 11.4 Å². The molecule has 0 aliphatic carbocycles. The molecule has 0 bridgehead atoms. The molecule has 4 rings (SSSR count). The molecular formula is C22H22ClN3O3S2. The second kappa shape index (κ2) is 9.06. The zero-order chi connectivity index (χ0) is 22.0. The van der Waals surface area contributed by atoms with Crippen LogP contribution in [0.3, 0.4) is 0 Å². The molecule has 1 N–H and O–H groups in total. The first-order chi connectivity index (χ1) is 14.9. The van der Waals surface area contributed by atoms with Crippen LogP contribution in [-0.4, -0.2) is 32.5 Å². The number of halogens is 1. The summed E-state index contributed by atoms with van der Waals surface area (Å²) in [5.41, 5.74) is 1.22. The highest BCUT2D eigenvalue weighted by molar-refractivity contribution is 7.99. The molecule has 0 radical (unpaired) electrons. The Hall–Kier alpha value is -2.29. The van der Waals surface area contributed by atoms with E-state index in [4.69, 9.17) is 11.6 Å². The Morgan fingerprint density at radius 1 is 1.26 bits per heavy atom. The maximum atomic E-state index is 13.0. The van der Waals surface area contributed by atoms with Gasteiger partial charge < -0.3 is 10.2 Å². The van der Waals surface area contributed by atoms with E-state index in [0.29, 0.717) is 35.9 Å². The van der Waals surface area contributed by atoms with Crippen molar-refractivity contribution in [2.75, 3.05) is 22.5 Å². The summed E-state index contributed by atoms with van der Waals surface area (Å²) in [4.78, 5) is 15.8. The fraction of sp³-hybridized carbons (Fsp3) is 0.273. The zero-order valence-corrected chi connectivity index (χ0v) is 19.2. The molecule has 2 aromatic rings. The number of hydrogen-bond donors (Lipinski definition) is 1. The number of para-hydroxylation sites is 1. The minimum absolute atomic E-state index is 0.0158. The lowest BCUT2D eigenvalue weighted by Crippen LogP contribution is -2.35. The van der Waals surface area contributed by atoms with Crippen molar-refractivity contribution in [1.29, 1.82) is 0 Å². The molecular weight excluding hydrogens is 454 g/mol. The third-order valence-electron chi connectivity index (χ3n) is 5.17. The standard InChI is InChI=1S/C22H22ClN3O3S2/c1-2-12-30-19-9-6-5-8-17(19)24-22(27)15-13-20-18(14-16(15)23)26-11-7-3-4-10-21(26)25-31(20,28)29/h2,5-6,8-9,13-14H,1,3-4,7,10-12H2,(H,24,27). The zero-order valence-electron chi connectivity index (χ0n) is 16.8. The van der Waals surface area contributed by atoms with E-state index in [-0.39, 0.29) is 15.5 Å². The van der Waals surface area contributed by atoms with Gasteiger partial charge in [-0.1, -0.05) is 36.2 Å². The monoisotopic (exact) mass is 475 g/mol. The highest BCUT2D eigenvalue weighted by Crippen LogP contribution is 2.38. The predicted molar refractivity (Wildman–Crippen MR) is 127 cm³/mol. The summed E-state index contributed by atoms with van der Waals surface area (Å²) in [7, 11) is -3.90. The van der Waals surface area contributed by atoms with Crippen LogP contribution in [0.5, 0.6) is 0 Å². The first kappa shape index (κ1) is 21.9. The molecule has 0 aromatic heterocycles. The third-order valence-corrected chi connectivity index (χ3v) is 7.89. The molecule has 1 fully saturated rings. The van der Waals surface area contributed by atoms with Crippen molar-refractivity contribution in [1.82, 2.24) is 0 Å². The second-order valence-electron chi connectivity index (χ2n) is 7.29. The first-order valence-corrected chi connectivity index (χ1v) is 12.8. The van der Waals surface area contributed by atoms with Crippen molar-refractivity contribution in [3.63, 3.8) is 0 Å². The number of benzene rings is 2.